The minimum Gasteiger partial charge on any atom is -0.379 e. The fourth-order valence-electron chi connectivity index (χ4n) is 1.73. The molecule has 1 atom stereocenters. The Kier molecular flexibility index (Phi) is 5.23. The molecule has 0 heterocycles. The predicted molar refractivity (Wildman–Crippen MR) is 68.4 cm³/mol. The second-order valence-corrected chi connectivity index (χ2v) is 5.18. The van der Waals surface area contributed by atoms with Gasteiger partial charge in [0, 0.05) is 13.2 Å². The summed E-state index contributed by atoms with van der Waals surface area (Å²) in [5.74, 6) is -1.61. The molecule has 2 nitrogen and oxygen atoms in total. The fourth-order valence-corrected chi connectivity index (χ4v) is 1.73. The average Bonchev–Trinajstić information content (AvgIpc) is 2.33. The Labute approximate surface area is 107 Å². The van der Waals surface area contributed by atoms with Crippen molar-refractivity contribution in [2.75, 3.05) is 7.11 Å². The van der Waals surface area contributed by atoms with E-state index in [9.17, 15) is 8.78 Å². The maximum Gasteiger partial charge on any atom is 0.162 e. The van der Waals surface area contributed by atoms with E-state index >= 15 is 0 Å². The number of hydrogen-bond donors (Lipinski definition) is 1. The van der Waals surface area contributed by atoms with Crippen LogP contribution in [0.4, 0.5) is 8.78 Å². The van der Waals surface area contributed by atoms with Gasteiger partial charge in [-0.2, -0.15) is 0 Å². The summed E-state index contributed by atoms with van der Waals surface area (Å²) in [5.41, 5.74) is 6.04. The summed E-state index contributed by atoms with van der Waals surface area (Å²) in [6.45, 7) is 3.95. The van der Waals surface area contributed by atoms with Gasteiger partial charge in [-0.05, 0) is 44.7 Å². The Morgan fingerprint density at radius 3 is 2.61 bits per heavy atom. The van der Waals surface area contributed by atoms with E-state index in [2.05, 4.69) is 0 Å². The van der Waals surface area contributed by atoms with Crippen LogP contribution in [-0.2, 0) is 11.2 Å². The quantitative estimate of drug-likeness (QED) is 0.850. The Bertz CT molecular complexity index is 393. The molecule has 1 unspecified atom stereocenters. The van der Waals surface area contributed by atoms with Crippen LogP contribution in [0.5, 0.6) is 0 Å². The zero-order valence-electron chi connectivity index (χ0n) is 11.2. The van der Waals surface area contributed by atoms with Crippen molar-refractivity contribution in [3.8, 4) is 0 Å². The number of benzene rings is 1. The van der Waals surface area contributed by atoms with Crippen LogP contribution in [-0.4, -0.2) is 18.8 Å². The maximum atomic E-state index is 13.4. The van der Waals surface area contributed by atoms with Crippen LogP contribution in [0.25, 0.3) is 0 Å². The predicted octanol–water partition coefficient (Wildman–Crippen LogP) is 3.04. The zero-order chi connectivity index (χ0) is 13.8. The van der Waals surface area contributed by atoms with Crippen molar-refractivity contribution in [2.45, 2.75) is 44.8 Å². The van der Waals surface area contributed by atoms with Crippen LogP contribution >= 0.6 is 0 Å². The Morgan fingerprint density at radius 1 is 1.33 bits per heavy atom. The molecule has 0 fully saturated rings. The highest BCUT2D eigenvalue weighted by Crippen LogP contribution is 2.19. The lowest BCUT2D eigenvalue weighted by molar-refractivity contribution is 0.0125. The van der Waals surface area contributed by atoms with Gasteiger partial charge in [-0.15, -0.1) is 0 Å². The summed E-state index contributed by atoms with van der Waals surface area (Å²) in [6, 6.07) is 3.98. The molecule has 2 N–H and O–H groups in total. The van der Waals surface area contributed by atoms with Crippen LogP contribution in [0.2, 0.25) is 0 Å². The second-order valence-electron chi connectivity index (χ2n) is 5.18. The molecule has 0 bridgehead atoms. The van der Waals surface area contributed by atoms with Crippen molar-refractivity contribution in [1.82, 2.24) is 0 Å². The topological polar surface area (TPSA) is 35.2 Å². The zero-order valence-corrected chi connectivity index (χ0v) is 11.2. The van der Waals surface area contributed by atoms with Crippen molar-refractivity contribution in [3.05, 3.63) is 35.4 Å². The molecule has 1 aromatic rings. The summed E-state index contributed by atoms with van der Waals surface area (Å²) in [6.07, 6.45) is 1.82. The van der Waals surface area contributed by atoms with Gasteiger partial charge >= 0.3 is 0 Å². The first-order valence-electron chi connectivity index (χ1n) is 6.09. The number of methoxy groups -OCH3 is 1. The van der Waals surface area contributed by atoms with Gasteiger partial charge in [0.25, 0.3) is 0 Å². The van der Waals surface area contributed by atoms with Crippen LogP contribution < -0.4 is 5.73 Å². The lowest BCUT2D eigenvalue weighted by Gasteiger charge is -2.24. The van der Waals surface area contributed by atoms with Gasteiger partial charge in [-0.25, -0.2) is 8.78 Å². The Morgan fingerprint density at radius 2 is 2.00 bits per heavy atom. The van der Waals surface area contributed by atoms with E-state index in [0.717, 1.165) is 12.5 Å². The first-order chi connectivity index (χ1) is 8.35. The average molecular weight is 257 g/mol. The summed E-state index contributed by atoms with van der Waals surface area (Å²) in [7, 11) is 1.65. The molecule has 0 radical (unpaired) electrons. The van der Waals surface area contributed by atoms with Crippen molar-refractivity contribution in [1.29, 1.82) is 0 Å². The van der Waals surface area contributed by atoms with Crippen molar-refractivity contribution in [2.24, 2.45) is 5.73 Å². The molecular formula is C14H21F2NO. The van der Waals surface area contributed by atoms with Crippen LogP contribution in [0.3, 0.4) is 0 Å². The smallest absolute Gasteiger partial charge is 0.162 e. The largest absolute Gasteiger partial charge is 0.379 e. The highest BCUT2D eigenvalue weighted by Gasteiger charge is 2.19. The number of halogens is 2. The standard InChI is InChI=1S/C14H21F2NO/c1-14(2,18-3)8-7-11(17)9-10-5-4-6-12(15)13(10)16/h4-6,11H,7-9,17H2,1-3H3. The minimum absolute atomic E-state index is 0.198. The van der Waals surface area contributed by atoms with Crippen LogP contribution in [0.1, 0.15) is 32.3 Å². The number of ether oxygens (including phenoxy) is 1. The van der Waals surface area contributed by atoms with E-state index in [1.54, 1.807) is 13.2 Å². The number of hydrogen-bond acceptors (Lipinski definition) is 2. The molecule has 1 rings (SSSR count). The molecule has 0 aliphatic heterocycles. The summed E-state index contributed by atoms with van der Waals surface area (Å²) >= 11 is 0. The van der Waals surface area contributed by atoms with Gasteiger partial charge in [0.15, 0.2) is 11.6 Å². The number of rotatable bonds is 6. The molecule has 0 spiro atoms. The molecule has 0 aromatic heterocycles. The SMILES string of the molecule is COC(C)(C)CCC(N)Cc1cccc(F)c1F. The van der Waals surface area contributed by atoms with E-state index in [1.165, 1.54) is 6.07 Å². The monoisotopic (exact) mass is 257 g/mol. The van der Waals surface area contributed by atoms with Crippen LogP contribution in [0.15, 0.2) is 18.2 Å². The van der Waals surface area contributed by atoms with Gasteiger partial charge in [-0.3, -0.25) is 0 Å². The van der Waals surface area contributed by atoms with Gasteiger partial charge in [0.05, 0.1) is 5.60 Å². The molecular weight excluding hydrogens is 236 g/mol. The molecule has 0 saturated carbocycles. The van der Waals surface area contributed by atoms with Gasteiger partial charge in [0.1, 0.15) is 0 Å². The minimum atomic E-state index is -0.822. The van der Waals surface area contributed by atoms with Crippen molar-refractivity contribution < 1.29 is 13.5 Å². The molecule has 102 valence electrons. The second kappa shape index (κ2) is 6.25. The van der Waals surface area contributed by atoms with E-state index in [-0.39, 0.29) is 11.6 Å². The van der Waals surface area contributed by atoms with E-state index < -0.39 is 11.6 Å². The van der Waals surface area contributed by atoms with Crippen LogP contribution in [0, 0.1) is 11.6 Å². The first-order valence-corrected chi connectivity index (χ1v) is 6.09. The Hall–Kier alpha value is -1.00. The van der Waals surface area contributed by atoms with Gasteiger partial charge < -0.3 is 10.5 Å². The molecule has 0 amide bonds. The lowest BCUT2D eigenvalue weighted by atomic mass is 9.95. The van der Waals surface area contributed by atoms with Crippen molar-refractivity contribution in [3.63, 3.8) is 0 Å². The lowest BCUT2D eigenvalue weighted by Crippen LogP contribution is -2.29. The normalized spacial score (nSPS) is 13.7. The number of nitrogens with two attached hydrogens (primary N) is 1. The molecule has 0 saturated heterocycles. The van der Waals surface area contributed by atoms with Crippen molar-refractivity contribution >= 4 is 0 Å². The Balaban J connectivity index is 2.55. The fraction of sp³-hybridized carbons (Fsp3) is 0.571. The van der Waals surface area contributed by atoms with Gasteiger partial charge in [0.2, 0.25) is 0 Å². The van der Waals surface area contributed by atoms with E-state index in [1.807, 2.05) is 13.8 Å². The highest BCUT2D eigenvalue weighted by molar-refractivity contribution is 5.19. The molecule has 1 aromatic carbocycles. The summed E-state index contributed by atoms with van der Waals surface area (Å²) < 4.78 is 31.8. The third-order valence-corrected chi connectivity index (χ3v) is 3.18. The van der Waals surface area contributed by atoms with E-state index in [0.29, 0.717) is 18.4 Å². The molecule has 4 heteroatoms. The summed E-state index contributed by atoms with van der Waals surface area (Å²) in [4.78, 5) is 0. The summed E-state index contributed by atoms with van der Waals surface area (Å²) in [5, 5.41) is 0. The highest BCUT2D eigenvalue weighted by atomic mass is 19.2. The maximum absolute atomic E-state index is 13.4. The molecule has 18 heavy (non-hydrogen) atoms. The van der Waals surface area contributed by atoms with Gasteiger partial charge in [-0.1, -0.05) is 12.1 Å². The van der Waals surface area contributed by atoms with E-state index in [4.69, 9.17) is 10.5 Å². The third-order valence-electron chi connectivity index (χ3n) is 3.18. The molecule has 0 aliphatic carbocycles. The first kappa shape index (κ1) is 15.1. The third kappa shape index (κ3) is 4.35. The molecule has 0 aliphatic rings.